The lowest BCUT2D eigenvalue weighted by Crippen LogP contribution is -2.55. The lowest BCUT2D eigenvalue weighted by Gasteiger charge is -2.40. The molecule has 1 saturated heterocycles. The molecule has 1 aromatic carbocycles. The largest absolute Gasteiger partial charge is 0.490 e. The monoisotopic (exact) mass is 407 g/mol. The highest BCUT2D eigenvalue weighted by Crippen LogP contribution is 2.38. The minimum Gasteiger partial charge on any atom is -0.490 e. The fraction of sp³-hybridized carbons (Fsp3) is 0.500. The lowest BCUT2D eigenvalue weighted by atomic mass is 9.91. The first kappa shape index (κ1) is 19.6. The van der Waals surface area contributed by atoms with Crippen LogP contribution in [0, 0.1) is 0 Å². The Hall–Kier alpha value is -1.68. The summed E-state index contributed by atoms with van der Waals surface area (Å²) < 4.78 is 11.5. The number of fused-ring (bicyclic) bond motifs is 1. The Labute approximate surface area is 167 Å². The van der Waals surface area contributed by atoms with Crippen molar-refractivity contribution in [3.05, 3.63) is 46.2 Å². The van der Waals surface area contributed by atoms with Crippen LogP contribution in [0.3, 0.4) is 0 Å². The maximum Gasteiger partial charge on any atom is 0.142 e. The van der Waals surface area contributed by atoms with Gasteiger partial charge in [-0.3, -0.25) is 0 Å². The van der Waals surface area contributed by atoms with E-state index in [-0.39, 0.29) is 0 Å². The molecule has 2 aliphatic rings. The van der Waals surface area contributed by atoms with Crippen LogP contribution in [-0.4, -0.2) is 71.1 Å². The molecule has 2 aromatic rings. The molecule has 0 radical (unpaired) electrons. The second-order valence-corrected chi connectivity index (χ2v) is 7.97. The highest BCUT2D eigenvalue weighted by Gasteiger charge is 2.44. The van der Waals surface area contributed by atoms with E-state index in [2.05, 4.69) is 21.7 Å². The van der Waals surface area contributed by atoms with E-state index in [0.717, 1.165) is 30.9 Å². The third-order valence-corrected chi connectivity index (χ3v) is 6.15. The third-order valence-electron chi connectivity index (χ3n) is 5.41. The van der Waals surface area contributed by atoms with E-state index in [1.807, 2.05) is 12.1 Å². The van der Waals surface area contributed by atoms with Crippen LogP contribution < -0.4 is 9.64 Å². The molecule has 0 bridgehead atoms. The molecule has 0 unspecified atom stereocenters. The van der Waals surface area contributed by atoms with Crippen LogP contribution in [-0.2, 0) is 11.2 Å². The van der Waals surface area contributed by atoms with E-state index in [1.54, 1.807) is 17.4 Å². The van der Waals surface area contributed by atoms with Gasteiger partial charge in [0.2, 0.25) is 0 Å². The summed E-state index contributed by atoms with van der Waals surface area (Å²) in [5.41, 5.74) is 2.88. The Kier molecular flexibility index (Phi) is 5.86. The van der Waals surface area contributed by atoms with Crippen molar-refractivity contribution < 1.29 is 29.9 Å². The summed E-state index contributed by atoms with van der Waals surface area (Å²) >= 11 is 1.68. The van der Waals surface area contributed by atoms with Crippen molar-refractivity contribution >= 4 is 17.0 Å². The molecule has 1 aromatic heterocycles. The molecule has 2 aliphatic heterocycles. The van der Waals surface area contributed by atoms with Gasteiger partial charge in [0.25, 0.3) is 0 Å². The van der Waals surface area contributed by atoms with Gasteiger partial charge in [-0.2, -0.15) is 11.3 Å². The smallest absolute Gasteiger partial charge is 0.142 e. The molecule has 4 N–H and O–H groups in total. The zero-order valence-electron chi connectivity index (χ0n) is 15.3. The summed E-state index contributed by atoms with van der Waals surface area (Å²) in [6.07, 6.45) is -4.89. The summed E-state index contributed by atoms with van der Waals surface area (Å²) in [5, 5.41) is 44.1. The molecule has 8 heteroatoms. The van der Waals surface area contributed by atoms with E-state index >= 15 is 0 Å². The number of benzene rings is 1. The SMILES string of the molecule is OC[C@H]1O[C@@H](c2ccc3c(c2)N(CCc2ccsc2)CCO3)[C@H](O)[C@@H](O)[C@@H]1O. The van der Waals surface area contributed by atoms with Gasteiger partial charge < -0.3 is 34.8 Å². The van der Waals surface area contributed by atoms with Crippen molar-refractivity contribution in [2.24, 2.45) is 0 Å². The number of hydrogen-bond acceptors (Lipinski definition) is 8. The highest BCUT2D eigenvalue weighted by atomic mass is 32.1. The second-order valence-electron chi connectivity index (χ2n) is 7.19. The molecule has 0 spiro atoms. The maximum atomic E-state index is 10.4. The van der Waals surface area contributed by atoms with E-state index < -0.39 is 37.1 Å². The standard InChI is InChI=1S/C20H25NO6S/c22-10-16-17(23)18(24)19(25)20(27-16)13-1-2-15-14(9-13)21(6-7-26-15)5-3-12-4-8-28-11-12/h1-2,4,8-9,11,16-20,22-25H,3,5-7,10H2/t16-,17-,18+,19-,20+/m1/s1. The van der Waals surface area contributed by atoms with Crippen molar-refractivity contribution in [1.29, 1.82) is 0 Å². The van der Waals surface area contributed by atoms with Crippen molar-refractivity contribution in [3.63, 3.8) is 0 Å². The van der Waals surface area contributed by atoms with Gasteiger partial charge in [-0.15, -0.1) is 0 Å². The molecule has 28 heavy (non-hydrogen) atoms. The third kappa shape index (κ3) is 3.76. The summed E-state index contributed by atoms with van der Waals surface area (Å²) in [7, 11) is 0. The van der Waals surface area contributed by atoms with Gasteiger partial charge in [-0.25, -0.2) is 0 Å². The van der Waals surface area contributed by atoms with Crippen molar-refractivity contribution in [1.82, 2.24) is 0 Å². The molecule has 5 atom stereocenters. The van der Waals surface area contributed by atoms with Crippen LogP contribution in [0.15, 0.2) is 35.0 Å². The maximum absolute atomic E-state index is 10.4. The van der Waals surface area contributed by atoms with Crippen LogP contribution in [0.25, 0.3) is 0 Å². The van der Waals surface area contributed by atoms with Gasteiger partial charge in [-0.1, -0.05) is 6.07 Å². The average molecular weight is 407 g/mol. The summed E-state index contributed by atoms with van der Waals surface area (Å²) in [6, 6.07) is 7.64. The molecular weight excluding hydrogens is 382 g/mol. The van der Waals surface area contributed by atoms with Crippen LogP contribution in [0.1, 0.15) is 17.2 Å². The molecule has 1 fully saturated rings. The minimum absolute atomic E-state index is 0.442. The Morgan fingerprint density at radius 3 is 2.71 bits per heavy atom. The van der Waals surface area contributed by atoms with Gasteiger partial charge in [0.1, 0.15) is 42.9 Å². The Balaban J connectivity index is 1.57. The zero-order chi connectivity index (χ0) is 19.7. The Morgan fingerprint density at radius 2 is 1.96 bits per heavy atom. The van der Waals surface area contributed by atoms with E-state index in [0.29, 0.717) is 12.2 Å². The van der Waals surface area contributed by atoms with Crippen molar-refractivity contribution in [3.8, 4) is 5.75 Å². The summed E-state index contributed by atoms with van der Waals surface area (Å²) in [5.74, 6) is 0.768. The summed E-state index contributed by atoms with van der Waals surface area (Å²) in [4.78, 5) is 2.24. The minimum atomic E-state index is -1.39. The molecule has 3 heterocycles. The number of thiophene rings is 1. The van der Waals surface area contributed by atoms with Gasteiger partial charge in [-0.05, 0) is 46.5 Å². The average Bonchev–Trinajstić information content (AvgIpc) is 3.24. The number of anilines is 1. The number of ether oxygens (including phenoxy) is 2. The fourth-order valence-electron chi connectivity index (χ4n) is 3.78. The van der Waals surface area contributed by atoms with Crippen LogP contribution in [0.5, 0.6) is 5.75 Å². The van der Waals surface area contributed by atoms with E-state index in [1.165, 1.54) is 5.56 Å². The Bertz CT molecular complexity index is 783. The number of hydrogen-bond donors (Lipinski definition) is 4. The van der Waals surface area contributed by atoms with Crippen molar-refractivity contribution in [2.45, 2.75) is 36.9 Å². The number of aliphatic hydroxyl groups excluding tert-OH is 4. The molecule has 4 rings (SSSR count). The molecule has 0 amide bonds. The topological polar surface area (TPSA) is 103 Å². The highest BCUT2D eigenvalue weighted by molar-refractivity contribution is 7.07. The first-order valence-corrected chi connectivity index (χ1v) is 10.4. The van der Waals surface area contributed by atoms with Crippen molar-refractivity contribution in [2.75, 3.05) is 31.2 Å². The van der Waals surface area contributed by atoms with E-state index in [9.17, 15) is 20.4 Å². The van der Waals surface area contributed by atoms with Crippen LogP contribution >= 0.6 is 11.3 Å². The van der Waals surface area contributed by atoms with Gasteiger partial charge in [0.05, 0.1) is 18.8 Å². The molecule has 0 saturated carbocycles. The fourth-order valence-corrected chi connectivity index (χ4v) is 4.48. The summed E-state index contributed by atoms with van der Waals surface area (Å²) in [6.45, 7) is 1.76. The normalized spacial score (nSPS) is 30.0. The van der Waals surface area contributed by atoms with E-state index in [4.69, 9.17) is 9.47 Å². The van der Waals surface area contributed by atoms with Crippen LogP contribution in [0.4, 0.5) is 5.69 Å². The molecule has 0 aliphatic carbocycles. The molecule has 152 valence electrons. The van der Waals surface area contributed by atoms with Gasteiger partial charge in [0, 0.05) is 6.54 Å². The second kappa shape index (κ2) is 8.36. The predicted octanol–water partition coefficient (Wildman–Crippen LogP) is 0.704. The first-order valence-electron chi connectivity index (χ1n) is 9.42. The predicted molar refractivity (Wildman–Crippen MR) is 105 cm³/mol. The lowest BCUT2D eigenvalue weighted by molar-refractivity contribution is -0.231. The Morgan fingerprint density at radius 1 is 1.11 bits per heavy atom. The van der Waals surface area contributed by atoms with Gasteiger partial charge >= 0.3 is 0 Å². The number of rotatable bonds is 5. The molecular formula is C20H25NO6S. The molecule has 7 nitrogen and oxygen atoms in total. The van der Waals surface area contributed by atoms with Crippen LogP contribution in [0.2, 0.25) is 0 Å². The number of nitrogens with zero attached hydrogens (tertiary/aromatic N) is 1. The quantitative estimate of drug-likeness (QED) is 0.579. The van der Waals surface area contributed by atoms with Gasteiger partial charge in [0.15, 0.2) is 0 Å². The first-order chi connectivity index (χ1) is 13.6. The number of aliphatic hydroxyl groups is 4. The zero-order valence-corrected chi connectivity index (χ0v) is 16.2.